The van der Waals surface area contributed by atoms with E-state index < -0.39 is 42.5 Å². The van der Waals surface area contributed by atoms with E-state index in [1.807, 2.05) is 149 Å². The second-order valence-corrected chi connectivity index (χ2v) is 30.7. The molecule has 0 bridgehead atoms. The number of carbonyl (C=O) groups excluding carboxylic acids is 8. The molecule has 2 N–H and O–H groups in total. The highest BCUT2D eigenvalue weighted by molar-refractivity contribution is 7.55. The largest absolute Gasteiger partial charge is 0.478 e. The zero-order chi connectivity index (χ0) is 87.8. The molecule has 120 heavy (non-hydrogen) atoms. The van der Waals surface area contributed by atoms with Crippen LogP contribution in [0.5, 0.6) is 0 Å². The molecular formula is C91H107N12O16P. The number of carboxylic acid groups (broad SMARTS) is 1. The third kappa shape index (κ3) is 31.4. The van der Waals surface area contributed by atoms with Crippen LogP contribution in [0.3, 0.4) is 0 Å². The molecule has 2 aliphatic rings. The summed E-state index contributed by atoms with van der Waals surface area (Å²) in [5.41, 5.74) is 6.80. The summed E-state index contributed by atoms with van der Waals surface area (Å²) >= 11 is 0. The standard InChI is InChI=1S/C18H17N3O2.C18H20N2O3.C18H24N2O2.C14H21O5P.C13H12N2O2.C5H6N2O.C5H7NO/c1-20-13-14(12-19-20)11-16(15-7-3-2-4-8-15)18(23)21-10-6-5-9-17(21)22;1-18(2,3)17(22)23-16(21)15(14-8-6-5-7-9-14)10-13-11-19-20(4)12-13;1-5-22-17(21)16(15-9-7-6-8-10-15)18(2,3)11-14-12-19-20(4)13-14;1-4-17-14(15)13(12-10-8-7-9-11-12)20(16,18-5-2)19-6-3;1-15-9-10(8-14-15)7-12(13(16)17)11-5-3-2-4-6-11;1-7-3-5(4-8)2-6-7;7-5-3-1-2-4-6-5/h2-5,7-9,11-13H,6,10H2,1H3;5-12H,1-4H3;6-10,12-13,16H,5,11H2,1-4H3;7-11,13H,4-6H2,1-3H3;2-9H,1H3,(H,16,17);2-4H,1H3;1,3H,2,4H2,(H,6,7)/b16-11+;15-10+;;;12-7+;;. The van der Waals surface area contributed by atoms with E-state index in [4.69, 9.17) is 23.3 Å². The maximum atomic E-state index is 12.9. The van der Waals surface area contributed by atoms with E-state index in [0.717, 1.165) is 59.1 Å². The fraction of sp³-hybridized carbons (Fsp3) is 0.297. The molecule has 0 saturated heterocycles. The quantitative estimate of drug-likeness (QED) is 0.0142. The number of benzene rings is 5. The zero-order valence-electron chi connectivity index (χ0n) is 70.3. The summed E-state index contributed by atoms with van der Waals surface area (Å²) in [7, 11) is 5.46. The van der Waals surface area contributed by atoms with Gasteiger partial charge in [-0.2, -0.15) is 25.5 Å². The Kier molecular flexibility index (Phi) is 38.7. The Morgan fingerprint density at radius 2 is 0.917 bits per heavy atom. The van der Waals surface area contributed by atoms with Gasteiger partial charge < -0.3 is 33.7 Å². The van der Waals surface area contributed by atoms with Gasteiger partial charge in [0.1, 0.15) is 0 Å². The summed E-state index contributed by atoms with van der Waals surface area (Å²) in [4.78, 5) is 107. The Labute approximate surface area is 700 Å². The van der Waals surface area contributed by atoms with Gasteiger partial charge >= 0.3 is 37.4 Å². The predicted molar refractivity (Wildman–Crippen MR) is 460 cm³/mol. The van der Waals surface area contributed by atoms with Gasteiger partial charge in [-0.3, -0.25) is 66.4 Å². The minimum absolute atomic E-state index is 0.0336. The first-order chi connectivity index (χ1) is 57.3. The molecule has 2 atom stereocenters. The van der Waals surface area contributed by atoms with Crippen molar-refractivity contribution in [2.75, 3.05) is 39.5 Å². The second kappa shape index (κ2) is 48.5. The molecule has 2 aliphatic heterocycles. The summed E-state index contributed by atoms with van der Waals surface area (Å²) in [6.45, 7) is 18.5. The van der Waals surface area contributed by atoms with Crippen molar-refractivity contribution in [1.29, 1.82) is 0 Å². The molecule has 632 valence electrons. The number of carboxylic acids is 1. The van der Waals surface area contributed by atoms with Gasteiger partial charge in [0.2, 0.25) is 5.91 Å². The number of esters is 4. The van der Waals surface area contributed by atoms with E-state index in [-0.39, 0.29) is 60.4 Å². The Morgan fingerprint density at radius 3 is 1.29 bits per heavy atom. The van der Waals surface area contributed by atoms with Gasteiger partial charge in [-0.05, 0) is 137 Å². The van der Waals surface area contributed by atoms with Gasteiger partial charge in [0.25, 0.3) is 11.8 Å². The van der Waals surface area contributed by atoms with E-state index >= 15 is 0 Å². The number of nitrogens with one attached hydrogen (secondary N) is 1. The number of imide groups is 1. The molecule has 2 unspecified atom stereocenters. The number of hydrogen-bond acceptors (Lipinski definition) is 20. The maximum absolute atomic E-state index is 12.9. The minimum atomic E-state index is -3.61. The van der Waals surface area contributed by atoms with Crippen LogP contribution in [-0.2, 0) is 108 Å². The molecule has 10 aromatic rings. The number of amides is 3. The average molecular weight is 1660 g/mol. The Morgan fingerprint density at radius 1 is 0.508 bits per heavy atom. The Hall–Kier alpha value is -13.2. The Bertz CT molecular complexity index is 5160. The highest BCUT2D eigenvalue weighted by atomic mass is 31.2. The molecule has 12 rings (SSSR count). The van der Waals surface area contributed by atoms with Crippen LogP contribution in [0.25, 0.3) is 34.9 Å². The molecule has 3 amide bonds. The Balaban J connectivity index is 0.000000223. The summed E-state index contributed by atoms with van der Waals surface area (Å²) in [5, 5.41) is 32.0. The van der Waals surface area contributed by atoms with Gasteiger partial charge in [-0.25, -0.2) is 9.59 Å². The topological polar surface area (TPSA) is 341 Å². The van der Waals surface area contributed by atoms with Crippen LogP contribution in [0.1, 0.15) is 147 Å². The molecular weight excluding hydrogens is 1550 g/mol. The summed E-state index contributed by atoms with van der Waals surface area (Å²) < 4.78 is 47.2. The van der Waals surface area contributed by atoms with Gasteiger partial charge in [-0.15, -0.1) is 0 Å². The molecule has 29 heteroatoms. The SMILES string of the molecule is CCOC(=O)C(c1ccccc1)C(C)(C)Cc1cnn(C)c1.CCOC(=O)C(c1ccccc1)P(=O)(OCC)OCC.Cn1cc(/C=C(/C(=O)N2CCC=CC2=O)c2ccccc2)cn1.Cn1cc(/C=C(/C(=O)O)c2ccccc2)cn1.Cn1cc(/C=C(/C(=O)OC(=O)C(C)(C)C)c2ccccc2)cn1.Cn1cc(C=O)cn1.O=C1C=CCCN1. The van der Waals surface area contributed by atoms with Crippen molar-refractivity contribution in [3.8, 4) is 0 Å². The number of ether oxygens (including phenoxy) is 3. The van der Waals surface area contributed by atoms with Crippen molar-refractivity contribution < 1.29 is 76.1 Å². The number of nitrogens with zero attached hydrogens (tertiary/aromatic N) is 11. The lowest BCUT2D eigenvalue weighted by Crippen LogP contribution is -2.38. The smallest absolute Gasteiger partial charge is 0.349 e. The van der Waals surface area contributed by atoms with Crippen molar-refractivity contribution in [2.24, 2.45) is 46.1 Å². The first-order valence-electron chi connectivity index (χ1n) is 38.8. The first kappa shape index (κ1) is 95.7. The van der Waals surface area contributed by atoms with Crippen LogP contribution < -0.4 is 5.32 Å². The van der Waals surface area contributed by atoms with E-state index in [1.54, 1.807) is 202 Å². The first-order valence-corrected chi connectivity index (χ1v) is 40.4. The monoisotopic (exact) mass is 1650 g/mol. The van der Waals surface area contributed by atoms with Crippen molar-refractivity contribution in [3.05, 3.63) is 294 Å². The predicted octanol–water partition coefficient (Wildman–Crippen LogP) is 14.6. The van der Waals surface area contributed by atoms with E-state index in [2.05, 4.69) is 44.7 Å². The number of aryl methyl sites for hydroxylation is 5. The van der Waals surface area contributed by atoms with Gasteiger partial charge in [0.05, 0.1) is 85.5 Å². The summed E-state index contributed by atoms with van der Waals surface area (Å²) in [5.74, 6) is -3.74. The number of hydrogen-bond donors (Lipinski definition) is 2. The van der Waals surface area contributed by atoms with Crippen molar-refractivity contribution >= 4 is 96.4 Å². The zero-order valence-corrected chi connectivity index (χ0v) is 71.2. The molecule has 0 radical (unpaired) electrons. The number of rotatable bonds is 24. The highest BCUT2D eigenvalue weighted by Crippen LogP contribution is 2.61. The van der Waals surface area contributed by atoms with E-state index in [1.165, 1.54) is 17.2 Å². The van der Waals surface area contributed by atoms with E-state index in [9.17, 15) is 52.8 Å². The van der Waals surface area contributed by atoms with E-state index in [0.29, 0.717) is 53.0 Å². The molecule has 0 spiro atoms. The highest BCUT2D eigenvalue weighted by Gasteiger charge is 2.44. The van der Waals surface area contributed by atoms with Crippen LogP contribution in [0, 0.1) is 10.8 Å². The molecule has 0 fully saturated rings. The lowest BCUT2D eigenvalue weighted by molar-refractivity contribution is -0.162. The molecule has 7 heterocycles. The summed E-state index contributed by atoms with van der Waals surface area (Å²) in [6.07, 6.45) is 32.3. The van der Waals surface area contributed by atoms with Crippen molar-refractivity contribution in [3.63, 3.8) is 0 Å². The fourth-order valence-electron chi connectivity index (χ4n) is 11.8. The van der Waals surface area contributed by atoms with Crippen LogP contribution >= 0.6 is 7.60 Å². The third-order valence-corrected chi connectivity index (χ3v) is 19.7. The lowest BCUT2D eigenvalue weighted by atomic mass is 9.71. The molecule has 0 aliphatic carbocycles. The molecule has 0 saturated carbocycles. The third-order valence-electron chi connectivity index (χ3n) is 17.3. The van der Waals surface area contributed by atoms with Crippen molar-refractivity contribution in [2.45, 2.75) is 93.2 Å². The molecule has 28 nitrogen and oxygen atoms in total. The minimum Gasteiger partial charge on any atom is -0.478 e. The van der Waals surface area contributed by atoms with Gasteiger partial charge in [-0.1, -0.05) is 178 Å². The number of carbonyl (C=O) groups is 9. The number of aldehydes is 1. The second-order valence-electron chi connectivity index (χ2n) is 28.6. The number of aliphatic carboxylic acids is 1. The molecule has 5 aromatic carbocycles. The maximum Gasteiger partial charge on any atom is 0.349 e. The average Bonchev–Trinajstić information content (AvgIpc) is 1.47. The number of aromatic nitrogens is 10. The lowest BCUT2D eigenvalue weighted by Gasteiger charge is -2.33. The van der Waals surface area contributed by atoms with Crippen LogP contribution in [-0.4, -0.2) is 152 Å². The summed E-state index contributed by atoms with van der Waals surface area (Å²) in [6, 6.07) is 46.1. The van der Waals surface area contributed by atoms with Crippen LogP contribution in [0.4, 0.5) is 0 Å². The van der Waals surface area contributed by atoms with Gasteiger partial charge in [0, 0.05) is 102 Å². The van der Waals surface area contributed by atoms with Gasteiger partial charge in [0.15, 0.2) is 11.9 Å². The van der Waals surface area contributed by atoms with Crippen LogP contribution in [0.15, 0.2) is 238 Å². The fourth-order valence-corrected chi connectivity index (χ4v) is 13.7. The normalized spacial score (nSPS) is 13.1. The van der Waals surface area contributed by atoms with Crippen molar-refractivity contribution in [1.82, 2.24) is 59.1 Å². The molecule has 5 aromatic heterocycles. The van der Waals surface area contributed by atoms with Crippen LogP contribution in [0.2, 0.25) is 0 Å².